The van der Waals surface area contributed by atoms with Crippen molar-refractivity contribution in [2.75, 3.05) is 0 Å². The van der Waals surface area contributed by atoms with Crippen LogP contribution in [0.1, 0.15) is 32.0 Å². The van der Waals surface area contributed by atoms with Crippen molar-refractivity contribution in [1.82, 2.24) is 9.78 Å². The third-order valence-corrected chi connectivity index (χ3v) is 10.2. The molecule has 1 heterocycles. The average molecular weight is 529 g/mol. The van der Waals surface area contributed by atoms with Crippen molar-refractivity contribution < 1.29 is 17.6 Å². The van der Waals surface area contributed by atoms with E-state index in [1.165, 1.54) is 17.1 Å². The minimum absolute atomic E-state index is 0.00338. The largest absolute Gasteiger partial charge is 0.541 e. The van der Waals surface area contributed by atoms with Gasteiger partial charge in [-0.25, -0.2) is 9.67 Å². The van der Waals surface area contributed by atoms with Crippen LogP contribution in [0.5, 0.6) is 5.75 Å². The number of nitriles is 2. The predicted molar refractivity (Wildman–Crippen MR) is 126 cm³/mol. The molecular weight excluding hydrogens is 508 g/mol. The van der Waals surface area contributed by atoms with E-state index >= 15 is 0 Å². The molecule has 0 bridgehead atoms. The van der Waals surface area contributed by atoms with Gasteiger partial charge in [-0.15, -0.1) is 0 Å². The van der Waals surface area contributed by atoms with E-state index in [9.17, 15) is 18.4 Å². The normalized spacial score (nSPS) is 13.4. The third-order valence-electron chi connectivity index (χ3n) is 5.25. The molecule has 0 fully saturated rings. The lowest BCUT2D eigenvalue weighted by Gasteiger charge is -2.36. The number of nitrogens with two attached hydrogens (primary N) is 1. The highest BCUT2D eigenvalue weighted by atomic mass is 35.5. The molecule has 13 heteroatoms. The minimum Gasteiger partial charge on any atom is -0.541 e. The second kappa shape index (κ2) is 9.70. The Balaban J connectivity index is 2.70. The van der Waals surface area contributed by atoms with Crippen molar-refractivity contribution in [1.29, 1.82) is 10.5 Å². The van der Waals surface area contributed by atoms with E-state index < -0.39 is 20.1 Å². The molecule has 7 nitrogen and oxygen atoms in total. The lowest BCUT2D eigenvalue weighted by atomic mass is 10.2. The van der Waals surface area contributed by atoms with E-state index in [0.717, 1.165) is 12.1 Å². The van der Waals surface area contributed by atoms with Crippen LogP contribution in [0.15, 0.2) is 34.7 Å². The maximum absolute atomic E-state index is 13.1. The summed E-state index contributed by atoms with van der Waals surface area (Å²) in [6.07, 6.45) is -2.04. The van der Waals surface area contributed by atoms with Crippen LogP contribution in [-0.4, -0.2) is 24.3 Å². The summed E-state index contributed by atoms with van der Waals surface area (Å²) in [4.78, 5) is 3.93. The third kappa shape index (κ3) is 5.92. The van der Waals surface area contributed by atoms with Gasteiger partial charge in [0.1, 0.15) is 29.2 Å². The van der Waals surface area contributed by atoms with Gasteiger partial charge in [0, 0.05) is 0 Å². The van der Waals surface area contributed by atoms with Crippen LogP contribution < -0.4 is 10.2 Å². The summed E-state index contributed by atoms with van der Waals surface area (Å²) < 4.78 is 46.8. The SMILES string of the molecule is CC(C)(C)[Si](C)(C)Oc1cn(-c2c(Cl)cc(C(F)(F)F)cc2Cl)nc1/C=N/C(C#N)=C(\N)C#N. The topological polar surface area (TPSA) is 113 Å². The molecule has 0 amide bonds. The van der Waals surface area contributed by atoms with Crippen molar-refractivity contribution in [3.8, 4) is 23.6 Å². The fourth-order valence-corrected chi connectivity index (χ4v) is 4.04. The summed E-state index contributed by atoms with van der Waals surface area (Å²) >= 11 is 12.3. The Hall–Kier alpha value is -2.99. The van der Waals surface area contributed by atoms with E-state index in [4.69, 9.17) is 38.6 Å². The summed E-state index contributed by atoms with van der Waals surface area (Å²) in [7, 11) is -2.40. The van der Waals surface area contributed by atoms with Gasteiger partial charge in [-0.3, -0.25) is 0 Å². The fourth-order valence-electron chi connectivity index (χ4n) is 2.37. The van der Waals surface area contributed by atoms with Gasteiger partial charge in [0.25, 0.3) is 8.32 Å². The van der Waals surface area contributed by atoms with Crippen LogP contribution in [0.25, 0.3) is 5.69 Å². The highest BCUT2D eigenvalue weighted by molar-refractivity contribution is 6.74. The van der Waals surface area contributed by atoms with E-state index in [-0.39, 0.29) is 43.6 Å². The highest BCUT2D eigenvalue weighted by Crippen LogP contribution is 2.40. The molecule has 0 saturated heterocycles. The molecule has 0 spiro atoms. The molecule has 1 aromatic heterocycles. The van der Waals surface area contributed by atoms with Crippen molar-refractivity contribution >= 4 is 37.7 Å². The molecule has 0 atom stereocenters. The Morgan fingerprint density at radius 3 is 2.18 bits per heavy atom. The molecule has 0 saturated carbocycles. The predicted octanol–water partition coefficient (Wildman–Crippen LogP) is 6.22. The van der Waals surface area contributed by atoms with Crippen molar-refractivity contribution in [2.24, 2.45) is 10.7 Å². The first-order valence-electron chi connectivity index (χ1n) is 9.71. The smallest absolute Gasteiger partial charge is 0.416 e. The zero-order chi connectivity index (χ0) is 26.1. The molecule has 180 valence electrons. The maximum atomic E-state index is 13.1. The molecule has 0 unspecified atom stereocenters. The van der Waals surface area contributed by atoms with Gasteiger partial charge >= 0.3 is 6.18 Å². The Labute approximate surface area is 206 Å². The van der Waals surface area contributed by atoms with Crippen LogP contribution in [0.4, 0.5) is 13.2 Å². The molecular formula is C21H21Cl2F3N6OSi. The molecule has 0 aliphatic carbocycles. The van der Waals surface area contributed by atoms with Gasteiger partial charge in [-0.2, -0.15) is 28.8 Å². The van der Waals surface area contributed by atoms with Crippen LogP contribution in [0.3, 0.4) is 0 Å². The van der Waals surface area contributed by atoms with E-state index in [0.29, 0.717) is 0 Å². The van der Waals surface area contributed by atoms with E-state index in [1.807, 2.05) is 33.9 Å². The first-order valence-corrected chi connectivity index (χ1v) is 13.4. The number of benzene rings is 1. The highest BCUT2D eigenvalue weighted by Gasteiger charge is 2.40. The molecule has 0 aliphatic heterocycles. The lowest BCUT2D eigenvalue weighted by Crippen LogP contribution is -2.44. The van der Waals surface area contributed by atoms with Gasteiger partial charge in [-0.05, 0) is 30.3 Å². The van der Waals surface area contributed by atoms with Crippen molar-refractivity contribution in [3.63, 3.8) is 0 Å². The fraction of sp³-hybridized carbons (Fsp3) is 0.333. The Bertz CT molecular complexity index is 1220. The Morgan fingerprint density at radius 2 is 1.74 bits per heavy atom. The monoisotopic (exact) mass is 528 g/mol. The van der Waals surface area contributed by atoms with Crippen LogP contribution >= 0.6 is 23.2 Å². The molecule has 2 aromatic rings. The number of allylic oxidation sites excluding steroid dienone is 2. The van der Waals surface area contributed by atoms with Gasteiger partial charge in [-0.1, -0.05) is 44.0 Å². The van der Waals surface area contributed by atoms with Crippen molar-refractivity contribution in [3.05, 3.63) is 51.0 Å². The molecule has 2 rings (SSSR count). The van der Waals surface area contributed by atoms with Crippen LogP contribution in [-0.2, 0) is 6.18 Å². The van der Waals surface area contributed by atoms with Gasteiger partial charge in [0.05, 0.1) is 28.0 Å². The zero-order valence-corrected chi connectivity index (χ0v) is 21.4. The number of aliphatic imine (C=N–C) groups is 1. The number of alkyl halides is 3. The summed E-state index contributed by atoms with van der Waals surface area (Å²) in [5, 5.41) is 21.7. The van der Waals surface area contributed by atoms with Crippen LogP contribution in [0.2, 0.25) is 28.2 Å². The molecule has 0 radical (unpaired) electrons. The average Bonchev–Trinajstić information content (AvgIpc) is 3.07. The number of nitrogens with zero attached hydrogens (tertiary/aromatic N) is 5. The second-order valence-electron chi connectivity index (χ2n) is 8.72. The second-order valence-corrected chi connectivity index (χ2v) is 14.3. The minimum atomic E-state index is -4.63. The Morgan fingerprint density at radius 1 is 1.18 bits per heavy atom. The van der Waals surface area contributed by atoms with E-state index in [1.54, 1.807) is 12.1 Å². The number of hydrogen-bond donors (Lipinski definition) is 1. The molecule has 34 heavy (non-hydrogen) atoms. The summed E-state index contributed by atoms with van der Waals surface area (Å²) in [6.45, 7) is 10.0. The van der Waals surface area contributed by atoms with E-state index in [2.05, 4.69) is 10.1 Å². The van der Waals surface area contributed by atoms with Crippen molar-refractivity contribution in [2.45, 2.75) is 45.1 Å². The summed E-state index contributed by atoms with van der Waals surface area (Å²) in [5.41, 5.74) is 3.89. The lowest BCUT2D eigenvalue weighted by molar-refractivity contribution is -0.137. The first-order chi connectivity index (χ1) is 15.5. The maximum Gasteiger partial charge on any atom is 0.416 e. The quantitative estimate of drug-likeness (QED) is 0.281. The van der Waals surface area contributed by atoms with Gasteiger partial charge in [0.2, 0.25) is 0 Å². The van der Waals surface area contributed by atoms with Gasteiger partial charge in [0.15, 0.2) is 11.4 Å². The number of aromatic nitrogens is 2. The molecule has 2 N–H and O–H groups in total. The number of hydrogen-bond acceptors (Lipinski definition) is 6. The zero-order valence-electron chi connectivity index (χ0n) is 18.9. The van der Waals surface area contributed by atoms with Gasteiger partial charge < -0.3 is 10.2 Å². The molecule has 0 aliphatic rings. The number of halogens is 5. The number of rotatable bonds is 5. The first kappa shape index (κ1) is 27.3. The summed E-state index contributed by atoms with van der Waals surface area (Å²) in [5.74, 6) is 0.246. The summed E-state index contributed by atoms with van der Waals surface area (Å²) in [6, 6.07) is 4.84. The van der Waals surface area contributed by atoms with Crippen LogP contribution in [0, 0.1) is 22.7 Å². The standard InChI is InChI=1S/C21H21Cl2F3N6OSi/c1-20(2,3)34(4,5)33-18-11-32(31-17(18)10-30-16(9-28)15(29)8-27)19-13(22)6-12(7-14(19)23)21(24,25)26/h6-7,10-11H,29H2,1-5H3/b16-15-,30-10+. The molecule has 1 aromatic carbocycles. The Kier molecular flexibility index (Phi) is 7.78.